The molecule has 2 rings (SSSR count). The van der Waals surface area contributed by atoms with Crippen LogP contribution in [-0.2, 0) is 19.6 Å². The molecule has 1 fully saturated rings. The zero-order valence-electron chi connectivity index (χ0n) is 14.8. The lowest BCUT2D eigenvalue weighted by molar-refractivity contribution is -0.143. The molecule has 7 nitrogen and oxygen atoms in total. The van der Waals surface area contributed by atoms with E-state index in [0.717, 1.165) is 0 Å². The molecule has 0 radical (unpaired) electrons. The molecule has 1 aliphatic heterocycles. The van der Waals surface area contributed by atoms with Crippen molar-refractivity contribution in [3.8, 4) is 6.07 Å². The van der Waals surface area contributed by atoms with Crippen LogP contribution in [0, 0.1) is 11.3 Å². The third-order valence-corrected chi connectivity index (χ3v) is 6.17. The third kappa shape index (κ3) is 4.49. The average molecular weight is 377 g/mol. The van der Waals surface area contributed by atoms with Crippen LogP contribution in [0.1, 0.15) is 18.9 Å². The number of benzene rings is 1. The molecule has 1 atom stereocenters. The molecule has 1 amide bonds. The predicted molar refractivity (Wildman–Crippen MR) is 96.7 cm³/mol. The predicted octanol–water partition coefficient (Wildman–Crippen LogP) is 1.37. The van der Waals surface area contributed by atoms with Crippen molar-refractivity contribution in [2.24, 2.45) is 0 Å². The summed E-state index contributed by atoms with van der Waals surface area (Å²) in [6.45, 7) is 6.68. The van der Waals surface area contributed by atoms with Gasteiger partial charge in [-0.15, -0.1) is 6.58 Å². The number of nitriles is 1. The van der Waals surface area contributed by atoms with Gasteiger partial charge in [0.15, 0.2) is 0 Å². The normalized spacial score (nSPS) is 16.7. The van der Waals surface area contributed by atoms with Crippen molar-refractivity contribution in [2.45, 2.75) is 24.3 Å². The lowest BCUT2D eigenvalue weighted by atomic mass is 10.2. The Morgan fingerprint density at radius 3 is 2.62 bits per heavy atom. The van der Waals surface area contributed by atoms with E-state index in [2.05, 4.69) is 6.58 Å². The van der Waals surface area contributed by atoms with Crippen LogP contribution >= 0.6 is 0 Å². The summed E-state index contributed by atoms with van der Waals surface area (Å²) in [4.78, 5) is 14.0. The van der Waals surface area contributed by atoms with Crippen LogP contribution in [0.3, 0.4) is 0 Å². The Labute approximate surface area is 154 Å². The molecular formula is C18H23N3O4S. The number of hydrogen-bond donors (Lipinski definition) is 0. The first kappa shape index (κ1) is 20.1. The van der Waals surface area contributed by atoms with E-state index in [1.54, 1.807) is 30.0 Å². The van der Waals surface area contributed by atoms with Crippen LogP contribution in [0.5, 0.6) is 0 Å². The Hall–Kier alpha value is -2.21. The second-order valence-corrected chi connectivity index (χ2v) is 7.83. The Morgan fingerprint density at radius 2 is 2.00 bits per heavy atom. The summed E-state index contributed by atoms with van der Waals surface area (Å²) in [6.07, 6.45) is 1.82. The summed E-state index contributed by atoms with van der Waals surface area (Å²) in [7, 11) is -3.76. The molecule has 140 valence electrons. The highest BCUT2D eigenvalue weighted by atomic mass is 32.2. The van der Waals surface area contributed by atoms with Crippen molar-refractivity contribution in [1.29, 1.82) is 5.26 Å². The Bertz CT molecular complexity index is 793. The van der Waals surface area contributed by atoms with E-state index >= 15 is 0 Å². The van der Waals surface area contributed by atoms with Crippen LogP contribution in [0.15, 0.2) is 41.8 Å². The molecule has 1 heterocycles. The Kier molecular flexibility index (Phi) is 6.91. The van der Waals surface area contributed by atoms with Gasteiger partial charge in [0.1, 0.15) is 12.2 Å². The summed E-state index contributed by atoms with van der Waals surface area (Å²) in [5.74, 6) is -0.150. The summed E-state index contributed by atoms with van der Waals surface area (Å²) < 4.78 is 32.4. The van der Waals surface area contributed by atoms with Gasteiger partial charge in [-0.3, -0.25) is 4.79 Å². The molecule has 0 aliphatic carbocycles. The molecule has 0 N–H and O–H groups in total. The van der Waals surface area contributed by atoms with Gasteiger partial charge in [0.05, 0.1) is 17.1 Å². The lowest BCUT2D eigenvalue weighted by Crippen LogP contribution is -2.52. The minimum atomic E-state index is -3.76. The molecule has 0 spiro atoms. The minimum absolute atomic E-state index is 0.00315. The Morgan fingerprint density at radius 1 is 1.35 bits per heavy atom. The summed E-state index contributed by atoms with van der Waals surface area (Å²) >= 11 is 0. The summed E-state index contributed by atoms with van der Waals surface area (Å²) in [5, 5.41) is 9.14. The third-order valence-electron chi connectivity index (χ3n) is 4.21. The highest BCUT2D eigenvalue weighted by Crippen LogP contribution is 2.21. The van der Waals surface area contributed by atoms with Crippen molar-refractivity contribution < 1.29 is 17.9 Å². The van der Waals surface area contributed by atoms with E-state index in [9.17, 15) is 13.2 Å². The van der Waals surface area contributed by atoms with Gasteiger partial charge >= 0.3 is 0 Å². The maximum atomic E-state index is 12.8. The molecule has 8 heteroatoms. The van der Waals surface area contributed by atoms with Crippen molar-refractivity contribution in [2.75, 3.05) is 32.8 Å². The van der Waals surface area contributed by atoms with Crippen LogP contribution < -0.4 is 0 Å². The van der Waals surface area contributed by atoms with E-state index in [1.165, 1.54) is 16.4 Å². The first-order valence-corrected chi connectivity index (χ1v) is 9.86. The maximum Gasteiger partial charge on any atom is 0.251 e. The van der Waals surface area contributed by atoms with E-state index in [4.69, 9.17) is 10.00 Å². The van der Waals surface area contributed by atoms with Crippen LogP contribution in [0.2, 0.25) is 0 Å². The van der Waals surface area contributed by atoms with E-state index in [0.29, 0.717) is 26.1 Å². The molecular weight excluding hydrogens is 354 g/mol. The molecule has 1 aromatic rings. The zero-order valence-corrected chi connectivity index (χ0v) is 15.6. The van der Waals surface area contributed by atoms with Crippen molar-refractivity contribution >= 4 is 15.9 Å². The second-order valence-electron chi connectivity index (χ2n) is 5.93. The van der Waals surface area contributed by atoms with Crippen LogP contribution in [0.4, 0.5) is 0 Å². The molecule has 0 bridgehead atoms. The summed E-state index contributed by atoms with van der Waals surface area (Å²) in [6, 6.07) is 8.05. The number of sulfonamides is 1. The van der Waals surface area contributed by atoms with Crippen LogP contribution in [0.25, 0.3) is 0 Å². The highest BCUT2D eigenvalue weighted by molar-refractivity contribution is 7.89. The first-order valence-electron chi connectivity index (χ1n) is 8.42. The SMILES string of the molecule is C=CCCOC(C)C(=O)N1CCN(S(=O)(=O)c2ccccc2C#N)CC1. The van der Waals surface area contributed by atoms with Crippen LogP contribution in [-0.4, -0.2) is 62.4 Å². The zero-order chi connectivity index (χ0) is 19.2. The number of carbonyl (C=O) groups is 1. The quantitative estimate of drug-likeness (QED) is 0.529. The number of ether oxygens (including phenoxy) is 1. The average Bonchev–Trinajstić information content (AvgIpc) is 2.67. The molecule has 1 aromatic carbocycles. The number of piperazine rings is 1. The standard InChI is InChI=1S/C18H23N3O4S/c1-3-4-13-25-15(2)18(22)20-9-11-21(12-10-20)26(23,24)17-8-6-5-7-16(17)14-19/h3,5-8,15H,1,4,9-13H2,2H3. The van der Waals surface area contributed by atoms with E-state index in [1.807, 2.05) is 6.07 Å². The number of rotatable bonds is 7. The number of amides is 1. The summed E-state index contributed by atoms with van der Waals surface area (Å²) in [5.41, 5.74) is 0.121. The number of hydrogen-bond acceptors (Lipinski definition) is 5. The molecule has 26 heavy (non-hydrogen) atoms. The number of nitrogens with zero attached hydrogens (tertiary/aromatic N) is 3. The van der Waals surface area contributed by atoms with Gasteiger partial charge in [0, 0.05) is 26.2 Å². The molecule has 1 aliphatic rings. The monoisotopic (exact) mass is 377 g/mol. The van der Waals surface area contributed by atoms with E-state index in [-0.39, 0.29) is 29.5 Å². The fraction of sp³-hybridized carbons (Fsp3) is 0.444. The Balaban J connectivity index is 2.00. The smallest absolute Gasteiger partial charge is 0.251 e. The second kappa shape index (κ2) is 8.94. The molecule has 1 unspecified atom stereocenters. The van der Waals surface area contributed by atoms with Crippen molar-refractivity contribution in [1.82, 2.24) is 9.21 Å². The van der Waals surface area contributed by atoms with Gasteiger partial charge < -0.3 is 9.64 Å². The minimum Gasteiger partial charge on any atom is -0.368 e. The topological polar surface area (TPSA) is 90.7 Å². The van der Waals surface area contributed by atoms with Gasteiger partial charge in [0.25, 0.3) is 5.91 Å². The molecule has 0 saturated carbocycles. The lowest BCUT2D eigenvalue weighted by Gasteiger charge is -2.35. The first-order chi connectivity index (χ1) is 12.4. The molecule has 1 saturated heterocycles. The molecule has 0 aromatic heterocycles. The fourth-order valence-electron chi connectivity index (χ4n) is 2.73. The fourth-order valence-corrected chi connectivity index (χ4v) is 4.29. The van der Waals surface area contributed by atoms with Gasteiger partial charge in [-0.25, -0.2) is 8.42 Å². The maximum absolute atomic E-state index is 12.8. The largest absolute Gasteiger partial charge is 0.368 e. The van der Waals surface area contributed by atoms with Gasteiger partial charge in [-0.1, -0.05) is 18.2 Å². The highest BCUT2D eigenvalue weighted by Gasteiger charge is 2.32. The van der Waals surface area contributed by atoms with Gasteiger partial charge in [-0.05, 0) is 25.5 Å². The van der Waals surface area contributed by atoms with Gasteiger partial charge in [-0.2, -0.15) is 9.57 Å². The van der Waals surface area contributed by atoms with Gasteiger partial charge in [0.2, 0.25) is 10.0 Å². The number of carbonyl (C=O) groups excluding carboxylic acids is 1. The van der Waals surface area contributed by atoms with E-state index < -0.39 is 16.1 Å². The van der Waals surface area contributed by atoms with Crippen molar-refractivity contribution in [3.63, 3.8) is 0 Å². The van der Waals surface area contributed by atoms with Crippen molar-refractivity contribution in [3.05, 3.63) is 42.5 Å².